The Morgan fingerprint density at radius 1 is 1.26 bits per heavy atom. The fourth-order valence-electron chi connectivity index (χ4n) is 1.91. The normalized spacial score (nSPS) is 22.5. The Labute approximate surface area is 115 Å². The minimum atomic E-state index is -3.44. The average molecular weight is 314 g/mol. The van der Waals surface area contributed by atoms with Crippen LogP contribution in [0.2, 0.25) is 0 Å². The summed E-state index contributed by atoms with van der Waals surface area (Å²) in [6.07, 6.45) is 0.503. The molecular weight excluding hydrogens is 292 g/mol. The van der Waals surface area contributed by atoms with E-state index < -0.39 is 20.0 Å². The molecule has 0 radical (unpaired) electrons. The van der Waals surface area contributed by atoms with Gasteiger partial charge in [-0.25, -0.2) is 21.6 Å². The Hall–Kier alpha value is -0.220. The fourth-order valence-corrected chi connectivity index (χ4v) is 4.69. The lowest BCUT2D eigenvalue weighted by molar-refractivity contribution is 0.0393. The van der Waals surface area contributed by atoms with Crippen molar-refractivity contribution in [1.82, 2.24) is 9.03 Å². The van der Waals surface area contributed by atoms with Crippen LogP contribution in [0.25, 0.3) is 0 Å². The van der Waals surface area contributed by atoms with Crippen molar-refractivity contribution in [2.24, 2.45) is 0 Å². The van der Waals surface area contributed by atoms with Crippen LogP contribution in [0.1, 0.15) is 20.3 Å². The molecule has 1 atom stereocenters. The standard InChI is InChI=1S/C10H22N2O5S2/c1-3-7-18(13,14)11-4-8-19(15,16)12-5-6-17-9-10(12)2/h10-11H,3-9H2,1-2H3. The van der Waals surface area contributed by atoms with Gasteiger partial charge < -0.3 is 4.74 Å². The molecule has 1 unspecified atom stereocenters. The van der Waals surface area contributed by atoms with Crippen LogP contribution in [0.15, 0.2) is 0 Å². The first-order chi connectivity index (χ1) is 8.78. The lowest BCUT2D eigenvalue weighted by Crippen LogP contribution is -2.49. The van der Waals surface area contributed by atoms with E-state index in [4.69, 9.17) is 4.74 Å². The summed E-state index contributed by atoms with van der Waals surface area (Å²) in [7, 11) is -6.80. The molecule has 0 bridgehead atoms. The fraction of sp³-hybridized carbons (Fsp3) is 1.00. The molecule has 1 fully saturated rings. The highest BCUT2D eigenvalue weighted by Crippen LogP contribution is 2.12. The van der Waals surface area contributed by atoms with E-state index in [0.717, 1.165) is 0 Å². The van der Waals surface area contributed by atoms with Gasteiger partial charge in [0.15, 0.2) is 0 Å². The first-order valence-electron chi connectivity index (χ1n) is 6.33. The summed E-state index contributed by atoms with van der Waals surface area (Å²) < 4.78 is 55.9. The highest BCUT2D eigenvalue weighted by molar-refractivity contribution is 7.90. The molecule has 7 nitrogen and oxygen atoms in total. The molecule has 0 aromatic carbocycles. The minimum absolute atomic E-state index is 0.0149. The van der Waals surface area contributed by atoms with E-state index in [1.165, 1.54) is 4.31 Å². The van der Waals surface area contributed by atoms with Gasteiger partial charge in [0.05, 0.1) is 24.7 Å². The molecule has 0 saturated carbocycles. The Kier molecular flexibility index (Phi) is 6.18. The first-order valence-corrected chi connectivity index (χ1v) is 9.59. The molecule has 0 aliphatic carbocycles. The number of sulfonamides is 2. The lowest BCUT2D eigenvalue weighted by Gasteiger charge is -2.32. The van der Waals surface area contributed by atoms with Crippen molar-refractivity contribution < 1.29 is 21.6 Å². The molecular formula is C10H22N2O5S2. The lowest BCUT2D eigenvalue weighted by atomic mass is 10.3. The molecule has 1 saturated heterocycles. The number of morpholine rings is 1. The maximum Gasteiger partial charge on any atom is 0.215 e. The van der Waals surface area contributed by atoms with Gasteiger partial charge >= 0.3 is 0 Å². The van der Waals surface area contributed by atoms with Crippen LogP contribution < -0.4 is 4.72 Å². The molecule has 0 amide bonds. The molecule has 0 aromatic heterocycles. The van der Waals surface area contributed by atoms with Crippen molar-refractivity contribution in [2.45, 2.75) is 26.3 Å². The third-order valence-electron chi connectivity index (χ3n) is 2.82. The summed E-state index contributed by atoms with van der Waals surface area (Å²) in [5, 5.41) is 0. The van der Waals surface area contributed by atoms with Crippen LogP contribution in [-0.2, 0) is 24.8 Å². The van der Waals surface area contributed by atoms with Crippen LogP contribution in [0, 0.1) is 0 Å². The van der Waals surface area contributed by atoms with Crippen molar-refractivity contribution in [3.05, 3.63) is 0 Å². The Morgan fingerprint density at radius 2 is 1.95 bits per heavy atom. The summed E-state index contributed by atoms with van der Waals surface area (Å²) in [6.45, 7) is 4.52. The third-order valence-corrected chi connectivity index (χ3v) is 6.39. The van der Waals surface area contributed by atoms with E-state index in [9.17, 15) is 16.8 Å². The van der Waals surface area contributed by atoms with Crippen LogP contribution in [0.5, 0.6) is 0 Å². The number of ether oxygens (including phenoxy) is 1. The molecule has 0 aromatic rings. The Morgan fingerprint density at radius 3 is 2.53 bits per heavy atom. The topological polar surface area (TPSA) is 92.8 Å². The smallest absolute Gasteiger partial charge is 0.215 e. The summed E-state index contributed by atoms with van der Waals surface area (Å²) in [5.41, 5.74) is 0. The largest absolute Gasteiger partial charge is 0.378 e. The van der Waals surface area contributed by atoms with E-state index in [1.54, 1.807) is 13.8 Å². The predicted molar refractivity (Wildman–Crippen MR) is 72.9 cm³/mol. The zero-order chi connectivity index (χ0) is 14.5. The van der Waals surface area contributed by atoms with E-state index in [1.807, 2.05) is 0 Å². The van der Waals surface area contributed by atoms with Gasteiger partial charge in [-0.05, 0) is 13.3 Å². The van der Waals surface area contributed by atoms with Crippen molar-refractivity contribution in [1.29, 1.82) is 0 Å². The van der Waals surface area contributed by atoms with Gasteiger partial charge in [0.1, 0.15) is 0 Å². The van der Waals surface area contributed by atoms with Gasteiger partial charge in [0.25, 0.3) is 0 Å². The molecule has 1 heterocycles. The van der Waals surface area contributed by atoms with Crippen molar-refractivity contribution in [3.8, 4) is 0 Å². The number of nitrogens with one attached hydrogen (secondary N) is 1. The van der Waals surface area contributed by atoms with Crippen LogP contribution in [0.4, 0.5) is 0 Å². The summed E-state index contributed by atoms with van der Waals surface area (Å²) in [6, 6.07) is -0.203. The average Bonchev–Trinajstić information content (AvgIpc) is 2.28. The molecule has 1 aliphatic rings. The SMILES string of the molecule is CCCS(=O)(=O)NCCS(=O)(=O)N1CCOCC1C. The maximum absolute atomic E-state index is 12.1. The molecule has 1 N–H and O–H groups in total. The zero-order valence-electron chi connectivity index (χ0n) is 11.3. The van der Waals surface area contributed by atoms with E-state index in [0.29, 0.717) is 26.2 Å². The van der Waals surface area contributed by atoms with Gasteiger partial charge in [-0.2, -0.15) is 4.31 Å². The Bertz CT molecular complexity index is 474. The summed E-state index contributed by atoms with van der Waals surface area (Å²) in [5.74, 6) is -0.207. The van der Waals surface area contributed by atoms with Crippen LogP contribution in [-0.4, -0.2) is 65.0 Å². The Balaban J connectivity index is 2.51. The van der Waals surface area contributed by atoms with Gasteiger partial charge in [-0.1, -0.05) is 6.92 Å². The molecule has 114 valence electrons. The monoisotopic (exact) mass is 314 g/mol. The zero-order valence-corrected chi connectivity index (χ0v) is 13.0. The number of hydrogen-bond donors (Lipinski definition) is 1. The van der Waals surface area contributed by atoms with Crippen molar-refractivity contribution in [2.75, 3.05) is 37.8 Å². The second kappa shape index (κ2) is 6.98. The molecule has 1 aliphatic heterocycles. The highest BCUT2D eigenvalue weighted by atomic mass is 32.2. The number of nitrogens with zero attached hydrogens (tertiary/aromatic N) is 1. The van der Waals surface area contributed by atoms with Crippen molar-refractivity contribution in [3.63, 3.8) is 0 Å². The van der Waals surface area contributed by atoms with Gasteiger partial charge in [-0.15, -0.1) is 0 Å². The summed E-state index contributed by atoms with van der Waals surface area (Å²) >= 11 is 0. The molecule has 1 rings (SSSR count). The second-order valence-electron chi connectivity index (χ2n) is 4.56. The number of hydrogen-bond acceptors (Lipinski definition) is 5. The molecule has 9 heteroatoms. The quantitative estimate of drug-likeness (QED) is 0.675. The van der Waals surface area contributed by atoms with Crippen molar-refractivity contribution >= 4 is 20.0 Å². The van der Waals surface area contributed by atoms with Gasteiger partial charge in [-0.3, -0.25) is 0 Å². The summed E-state index contributed by atoms with van der Waals surface area (Å²) in [4.78, 5) is 0. The van der Waals surface area contributed by atoms with E-state index >= 15 is 0 Å². The highest BCUT2D eigenvalue weighted by Gasteiger charge is 2.29. The second-order valence-corrected chi connectivity index (χ2v) is 8.53. The first kappa shape index (κ1) is 16.8. The third kappa shape index (κ3) is 5.35. The minimum Gasteiger partial charge on any atom is -0.378 e. The van der Waals surface area contributed by atoms with Crippen LogP contribution in [0.3, 0.4) is 0 Å². The number of rotatable bonds is 7. The molecule has 19 heavy (non-hydrogen) atoms. The van der Waals surface area contributed by atoms with Gasteiger partial charge in [0.2, 0.25) is 20.0 Å². The van der Waals surface area contributed by atoms with E-state index in [-0.39, 0.29) is 24.1 Å². The van der Waals surface area contributed by atoms with Crippen LogP contribution >= 0.6 is 0 Å². The van der Waals surface area contributed by atoms with E-state index in [2.05, 4.69) is 4.72 Å². The van der Waals surface area contributed by atoms with Gasteiger partial charge in [0, 0.05) is 19.1 Å². The maximum atomic E-state index is 12.1. The predicted octanol–water partition coefficient (Wildman–Crippen LogP) is -0.634. The molecule has 0 spiro atoms.